The maximum atomic E-state index is 9.21. The molecule has 0 spiro atoms. The molecule has 1 aliphatic heterocycles. The fourth-order valence-corrected chi connectivity index (χ4v) is 3.29. The predicted molar refractivity (Wildman–Crippen MR) is 86.6 cm³/mol. The van der Waals surface area contributed by atoms with Crippen molar-refractivity contribution in [2.75, 3.05) is 0 Å². The third-order valence-electron chi connectivity index (χ3n) is 5.53. The Bertz CT molecular complexity index is 636. The van der Waals surface area contributed by atoms with Gasteiger partial charge in [-0.25, -0.2) is 0 Å². The predicted octanol–water partition coefficient (Wildman–Crippen LogP) is 1.71. The molecule has 2 fully saturated rings. The van der Waals surface area contributed by atoms with Gasteiger partial charge in [-0.15, -0.1) is 0 Å². The van der Waals surface area contributed by atoms with E-state index in [1.165, 1.54) is 0 Å². The molecule has 24 heavy (non-hydrogen) atoms. The second-order valence-electron chi connectivity index (χ2n) is 7.81. The zero-order valence-electron chi connectivity index (χ0n) is 15.0. The summed E-state index contributed by atoms with van der Waals surface area (Å²) in [6.45, 7) is 11.9. The molecular formula is C18H26O6. The summed E-state index contributed by atoms with van der Waals surface area (Å²) in [5.41, 5.74) is 1.88. The zero-order valence-corrected chi connectivity index (χ0v) is 15.0. The summed E-state index contributed by atoms with van der Waals surface area (Å²) >= 11 is 0. The molecular weight excluding hydrogens is 312 g/mol. The van der Waals surface area contributed by atoms with Gasteiger partial charge in [-0.2, -0.15) is 0 Å². The van der Waals surface area contributed by atoms with Crippen molar-refractivity contribution in [2.24, 2.45) is 0 Å². The monoisotopic (exact) mass is 338 g/mol. The van der Waals surface area contributed by atoms with E-state index in [1.54, 1.807) is 6.07 Å². The highest BCUT2D eigenvalue weighted by Gasteiger charge is 2.65. The van der Waals surface area contributed by atoms with Crippen LogP contribution in [0.4, 0.5) is 0 Å². The minimum absolute atomic E-state index is 0.0803. The third-order valence-corrected chi connectivity index (χ3v) is 5.53. The summed E-state index contributed by atoms with van der Waals surface area (Å²) in [4.78, 5) is 0. The van der Waals surface area contributed by atoms with Crippen molar-refractivity contribution < 1.29 is 29.5 Å². The number of ether oxygens (including phenoxy) is 3. The molecule has 0 aromatic heterocycles. The summed E-state index contributed by atoms with van der Waals surface area (Å²) in [6.07, 6.45) is -3.47. The first kappa shape index (κ1) is 17.6. The van der Waals surface area contributed by atoms with Gasteiger partial charge < -0.3 is 29.5 Å². The summed E-state index contributed by atoms with van der Waals surface area (Å²) in [7, 11) is 0. The number of rotatable bonds is 3. The van der Waals surface area contributed by atoms with Gasteiger partial charge in [-0.3, -0.25) is 0 Å². The van der Waals surface area contributed by atoms with Crippen molar-refractivity contribution in [3.05, 3.63) is 28.8 Å². The molecule has 1 aliphatic carbocycles. The lowest BCUT2D eigenvalue weighted by Gasteiger charge is -2.44. The van der Waals surface area contributed by atoms with Crippen LogP contribution in [0.3, 0.4) is 0 Å². The molecule has 6 nitrogen and oxygen atoms in total. The van der Waals surface area contributed by atoms with Gasteiger partial charge in [0.2, 0.25) is 0 Å². The zero-order chi connectivity index (χ0) is 18.1. The summed E-state index contributed by atoms with van der Waals surface area (Å²) < 4.78 is 17.4. The van der Waals surface area contributed by atoms with E-state index in [4.69, 9.17) is 14.2 Å². The van der Waals surface area contributed by atoms with E-state index in [0.29, 0.717) is 0 Å². The summed E-state index contributed by atoms with van der Waals surface area (Å²) in [6, 6.07) is 3.43. The van der Waals surface area contributed by atoms with Gasteiger partial charge in [-0.05, 0) is 58.7 Å². The Morgan fingerprint density at radius 1 is 0.958 bits per heavy atom. The number of hydrogen-bond acceptors (Lipinski definition) is 6. The van der Waals surface area contributed by atoms with Gasteiger partial charge in [0.05, 0.1) is 23.4 Å². The Morgan fingerprint density at radius 3 is 1.92 bits per heavy atom. The van der Waals surface area contributed by atoms with Gasteiger partial charge in [0.15, 0.2) is 0 Å². The second-order valence-corrected chi connectivity index (χ2v) is 7.81. The van der Waals surface area contributed by atoms with Crippen molar-refractivity contribution in [3.63, 3.8) is 0 Å². The third kappa shape index (κ3) is 2.82. The lowest BCUT2D eigenvalue weighted by molar-refractivity contribution is -0.419. The molecule has 1 aromatic rings. The average molecular weight is 338 g/mol. The fourth-order valence-electron chi connectivity index (χ4n) is 3.29. The number of aryl methyl sites for hydroxylation is 1. The average Bonchev–Trinajstić information content (AvgIpc) is 3.03. The molecule has 134 valence electrons. The number of fused-ring (bicyclic) bond motifs is 1. The van der Waals surface area contributed by atoms with E-state index >= 15 is 0 Å². The lowest BCUT2D eigenvalue weighted by atomic mass is 9.88. The van der Waals surface area contributed by atoms with Gasteiger partial charge in [0, 0.05) is 11.5 Å². The molecule has 1 aromatic carbocycles. The quantitative estimate of drug-likeness (QED) is 0.727. The van der Waals surface area contributed by atoms with Crippen LogP contribution in [0, 0.1) is 13.8 Å². The molecule has 0 radical (unpaired) electrons. The Morgan fingerprint density at radius 2 is 1.46 bits per heavy atom. The number of hydrogen-bond donors (Lipinski definition) is 3. The molecule has 0 amide bonds. The summed E-state index contributed by atoms with van der Waals surface area (Å²) in [5, 5.41) is 27.6. The first-order valence-corrected chi connectivity index (χ1v) is 8.16. The highest BCUT2D eigenvalue weighted by atomic mass is 16.9. The van der Waals surface area contributed by atoms with E-state index in [1.807, 2.05) is 47.6 Å². The van der Waals surface area contributed by atoms with Crippen LogP contribution in [0.25, 0.3) is 0 Å². The van der Waals surface area contributed by atoms with Crippen molar-refractivity contribution >= 4 is 0 Å². The molecule has 1 saturated heterocycles. The van der Waals surface area contributed by atoms with Crippen LogP contribution in [0.1, 0.15) is 50.3 Å². The van der Waals surface area contributed by atoms with Crippen LogP contribution in [0.5, 0.6) is 5.75 Å². The number of aliphatic hydroxyl groups is 3. The van der Waals surface area contributed by atoms with Crippen LogP contribution < -0.4 is 4.74 Å². The van der Waals surface area contributed by atoms with Crippen LogP contribution >= 0.6 is 0 Å². The van der Waals surface area contributed by atoms with Crippen molar-refractivity contribution in [1.29, 1.82) is 0 Å². The highest BCUT2D eigenvalue weighted by molar-refractivity contribution is 5.51. The molecule has 2 unspecified atom stereocenters. The van der Waals surface area contributed by atoms with Gasteiger partial charge >= 0.3 is 6.16 Å². The fraction of sp³-hybridized carbons (Fsp3) is 0.667. The van der Waals surface area contributed by atoms with Crippen LogP contribution in [0.2, 0.25) is 0 Å². The molecule has 3 rings (SSSR count). The van der Waals surface area contributed by atoms with E-state index in [9.17, 15) is 15.3 Å². The largest absolute Gasteiger partial charge is 0.453 e. The van der Waals surface area contributed by atoms with Gasteiger partial charge in [0.25, 0.3) is 0 Å². The summed E-state index contributed by atoms with van der Waals surface area (Å²) in [5.74, 6) is 0.135. The Balaban J connectivity index is 1.98. The van der Waals surface area contributed by atoms with E-state index in [2.05, 4.69) is 0 Å². The van der Waals surface area contributed by atoms with Crippen LogP contribution in [-0.2, 0) is 9.47 Å². The SMILES string of the molecule is Cc1ccc(OC(O)(O)O)c(C2C3OC(C)(C)C(C)(C)OC32)c1C. The first-order chi connectivity index (χ1) is 10.8. The van der Waals surface area contributed by atoms with Crippen molar-refractivity contribution in [2.45, 2.75) is 77.0 Å². The molecule has 2 atom stereocenters. The standard InChI is InChI=1S/C18H26O6/c1-9-7-8-11(22-18(19,20)21)12(10(9)2)13-14-15(13)24-17(5,6)16(3,4)23-14/h7-8,13-15,19-21H,1-6H3. The Hall–Kier alpha value is -1.18. The molecule has 1 saturated carbocycles. The van der Waals surface area contributed by atoms with Crippen molar-refractivity contribution in [3.8, 4) is 5.75 Å². The highest BCUT2D eigenvalue weighted by Crippen LogP contribution is 2.58. The van der Waals surface area contributed by atoms with Crippen molar-refractivity contribution in [1.82, 2.24) is 0 Å². The second kappa shape index (κ2) is 5.16. The molecule has 2 aliphatic rings. The Kier molecular flexibility index (Phi) is 3.79. The van der Waals surface area contributed by atoms with Crippen LogP contribution in [-0.4, -0.2) is 44.9 Å². The molecule has 6 heteroatoms. The Labute approximate surface area is 142 Å². The maximum absolute atomic E-state index is 9.21. The maximum Gasteiger partial charge on any atom is 0.453 e. The molecule has 3 N–H and O–H groups in total. The van der Waals surface area contributed by atoms with Gasteiger partial charge in [0.1, 0.15) is 5.75 Å². The van der Waals surface area contributed by atoms with Gasteiger partial charge in [-0.1, -0.05) is 6.07 Å². The lowest BCUT2D eigenvalue weighted by Crippen LogP contribution is -2.53. The topological polar surface area (TPSA) is 88.4 Å². The smallest absolute Gasteiger partial charge is 0.417 e. The minimum Gasteiger partial charge on any atom is -0.417 e. The van der Waals surface area contributed by atoms with E-state index in [0.717, 1.165) is 16.7 Å². The molecule has 1 heterocycles. The normalized spacial score (nSPS) is 30.6. The number of benzene rings is 1. The first-order valence-electron chi connectivity index (χ1n) is 8.16. The van der Waals surface area contributed by atoms with Crippen LogP contribution in [0.15, 0.2) is 12.1 Å². The van der Waals surface area contributed by atoms with E-state index < -0.39 is 17.4 Å². The minimum atomic E-state index is -3.23. The molecule has 0 bridgehead atoms. The van der Waals surface area contributed by atoms with E-state index in [-0.39, 0.29) is 23.9 Å².